The molecular weight excluding hydrogens is 284 g/mol. The van der Waals surface area contributed by atoms with Crippen LogP contribution in [0.1, 0.15) is 10.4 Å². The Morgan fingerprint density at radius 3 is 2.20 bits per heavy atom. The minimum Gasteiger partial charge on any atom is -0.361 e. The lowest BCUT2D eigenvalue weighted by Crippen LogP contribution is -2.53. The summed E-state index contributed by atoms with van der Waals surface area (Å²) in [6, 6.07) is 3.14. The second-order valence-electron chi connectivity index (χ2n) is 4.32. The van der Waals surface area contributed by atoms with E-state index in [0.717, 1.165) is 0 Å². The predicted molar refractivity (Wildman–Crippen MR) is 70.9 cm³/mol. The fraction of sp³-hybridized carbons (Fsp3) is 0.333. The molecule has 3 amide bonds. The quantitative estimate of drug-likeness (QED) is 0.558. The van der Waals surface area contributed by atoms with Crippen LogP contribution in [0.4, 0.5) is 0 Å². The fourth-order valence-corrected chi connectivity index (χ4v) is 2.07. The van der Waals surface area contributed by atoms with Crippen molar-refractivity contribution in [1.82, 2.24) is 14.8 Å². The highest BCUT2D eigenvalue weighted by Gasteiger charge is 2.27. The van der Waals surface area contributed by atoms with Gasteiger partial charge in [-0.15, -0.1) is 0 Å². The second kappa shape index (κ2) is 5.87. The van der Waals surface area contributed by atoms with Crippen LogP contribution in [0.5, 0.6) is 0 Å². The van der Waals surface area contributed by atoms with Crippen LogP contribution in [0.3, 0.4) is 0 Å². The first-order chi connectivity index (χ1) is 9.49. The van der Waals surface area contributed by atoms with E-state index in [0.29, 0.717) is 23.8 Å². The van der Waals surface area contributed by atoms with Crippen LogP contribution in [0.2, 0.25) is 5.15 Å². The Bertz CT molecular complexity index is 538. The van der Waals surface area contributed by atoms with E-state index in [2.05, 4.69) is 4.98 Å². The van der Waals surface area contributed by atoms with E-state index in [4.69, 9.17) is 17.3 Å². The molecule has 1 aliphatic heterocycles. The van der Waals surface area contributed by atoms with Crippen molar-refractivity contribution in [2.45, 2.75) is 0 Å². The van der Waals surface area contributed by atoms with Gasteiger partial charge in [0.1, 0.15) is 5.15 Å². The van der Waals surface area contributed by atoms with Gasteiger partial charge in [-0.05, 0) is 12.1 Å². The van der Waals surface area contributed by atoms with E-state index < -0.39 is 11.8 Å². The van der Waals surface area contributed by atoms with E-state index in [-0.39, 0.29) is 19.0 Å². The van der Waals surface area contributed by atoms with Crippen molar-refractivity contribution in [2.24, 2.45) is 5.73 Å². The molecule has 20 heavy (non-hydrogen) atoms. The Kier molecular flexibility index (Phi) is 4.19. The zero-order valence-corrected chi connectivity index (χ0v) is 11.3. The number of nitrogens with two attached hydrogens (primary N) is 1. The molecule has 0 unspecified atom stereocenters. The van der Waals surface area contributed by atoms with Gasteiger partial charge in [0.15, 0.2) is 0 Å². The highest BCUT2D eigenvalue weighted by atomic mass is 35.5. The number of nitrogens with zero attached hydrogens (tertiary/aromatic N) is 3. The number of hydrogen-bond acceptors (Lipinski definition) is 4. The first-order valence-electron chi connectivity index (χ1n) is 5.98. The van der Waals surface area contributed by atoms with Crippen molar-refractivity contribution in [3.63, 3.8) is 0 Å². The van der Waals surface area contributed by atoms with Crippen molar-refractivity contribution < 1.29 is 14.4 Å². The number of amides is 3. The molecule has 1 aliphatic rings. The number of aromatic nitrogens is 1. The third kappa shape index (κ3) is 3.05. The molecule has 0 bridgehead atoms. The van der Waals surface area contributed by atoms with Gasteiger partial charge in [-0.3, -0.25) is 14.4 Å². The molecule has 0 spiro atoms. The number of halogens is 1. The Morgan fingerprint density at radius 1 is 1.10 bits per heavy atom. The summed E-state index contributed by atoms with van der Waals surface area (Å²) < 4.78 is 0. The highest BCUT2D eigenvalue weighted by molar-refractivity contribution is 6.34. The van der Waals surface area contributed by atoms with Crippen LogP contribution < -0.4 is 5.73 Å². The first kappa shape index (κ1) is 14.3. The van der Waals surface area contributed by atoms with Crippen LogP contribution in [-0.2, 0) is 9.59 Å². The molecule has 2 N–H and O–H groups in total. The van der Waals surface area contributed by atoms with E-state index >= 15 is 0 Å². The molecular formula is C12H13ClN4O3. The van der Waals surface area contributed by atoms with E-state index in [1.54, 1.807) is 17.0 Å². The zero-order valence-electron chi connectivity index (χ0n) is 10.6. The van der Waals surface area contributed by atoms with Gasteiger partial charge in [0, 0.05) is 32.4 Å². The third-order valence-electron chi connectivity index (χ3n) is 3.04. The van der Waals surface area contributed by atoms with Crippen molar-refractivity contribution in [3.8, 4) is 0 Å². The summed E-state index contributed by atoms with van der Waals surface area (Å²) in [5.74, 6) is -1.88. The van der Waals surface area contributed by atoms with Crippen LogP contribution in [0.25, 0.3) is 0 Å². The van der Waals surface area contributed by atoms with Crippen LogP contribution in [0.15, 0.2) is 18.3 Å². The minimum absolute atomic E-state index is 0.180. The maximum Gasteiger partial charge on any atom is 0.311 e. The SMILES string of the molecule is NC(=O)C(=O)N1CCN(C(=O)c2ccc(Cl)nc2)CC1. The summed E-state index contributed by atoms with van der Waals surface area (Å²) in [5.41, 5.74) is 5.37. The third-order valence-corrected chi connectivity index (χ3v) is 3.26. The smallest absolute Gasteiger partial charge is 0.311 e. The summed E-state index contributed by atoms with van der Waals surface area (Å²) >= 11 is 5.66. The zero-order chi connectivity index (χ0) is 14.7. The molecule has 0 saturated carbocycles. The molecule has 106 valence electrons. The largest absolute Gasteiger partial charge is 0.361 e. The van der Waals surface area contributed by atoms with Gasteiger partial charge in [0.05, 0.1) is 5.56 Å². The Labute approximate surface area is 120 Å². The van der Waals surface area contributed by atoms with Gasteiger partial charge in [0.2, 0.25) is 0 Å². The lowest BCUT2D eigenvalue weighted by molar-refractivity contribution is -0.145. The molecule has 2 heterocycles. The van der Waals surface area contributed by atoms with Gasteiger partial charge in [-0.25, -0.2) is 4.98 Å². The Hall–Kier alpha value is -2.15. The highest BCUT2D eigenvalue weighted by Crippen LogP contribution is 2.10. The van der Waals surface area contributed by atoms with Gasteiger partial charge in [-0.2, -0.15) is 0 Å². The normalized spacial score (nSPS) is 15.1. The van der Waals surface area contributed by atoms with E-state index in [1.165, 1.54) is 11.1 Å². The molecule has 7 nitrogen and oxygen atoms in total. The molecule has 0 radical (unpaired) electrons. The van der Waals surface area contributed by atoms with Crippen LogP contribution in [0, 0.1) is 0 Å². The van der Waals surface area contributed by atoms with Gasteiger partial charge in [-0.1, -0.05) is 11.6 Å². The molecule has 1 aromatic rings. The molecule has 0 aromatic carbocycles. The van der Waals surface area contributed by atoms with Crippen LogP contribution >= 0.6 is 11.6 Å². The maximum absolute atomic E-state index is 12.2. The summed E-state index contributed by atoms with van der Waals surface area (Å²) in [6.45, 7) is 1.27. The first-order valence-corrected chi connectivity index (χ1v) is 6.36. The average molecular weight is 297 g/mol. The number of carbonyl (C=O) groups is 3. The molecule has 0 atom stereocenters. The van der Waals surface area contributed by atoms with Gasteiger partial charge < -0.3 is 15.5 Å². The van der Waals surface area contributed by atoms with Crippen LogP contribution in [-0.4, -0.2) is 58.7 Å². The molecule has 2 rings (SSSR count). The number of hydrogen-bond donors (Lipinski definition) is 1. The van der Waals surface area contributed by atoms with Crippen molar-refractivity contribution >= 4 is 29.3 Å². The summed E-state index contributed by atoms with van der Waals surface area (Å²) in [5, 5.41) is 0.318. The molecule has 8 heteroatoms. The van der Waals surface area contributed by atoms with Gasteiger partial charge in [0.25, 0.3) is 5.91 Å². The van der Waals surface area contributed by atoms with E-state index in [1.807, 2.05) is 0 Å². The van der Waals surface area contributed by atoms with Crippen molar-refractivity contribution in [1.29, 1.82) is 0 Å². The van der Waals surface area contributed by atoms with Crippen molar-refractivity contribution in [3.05, 3.63) is 29.0 Å². The average Bonchev–Trinajstić information content (AvgIpc) is 2.46. The van der Waals surface area contributed by atoms with E-state index in [9.17, 15) is 14.4 Å². The fourth-order valence-electron chi connectivity index (χ4n) is 1.95. The number of carbonyl (C=O) groups excluding carboxylic acids is 3. The lowest BCUT2D eigenvalue weighted by Gasteiger charge is -2.34. The number of rotatable bonds is 1. The predicted octanol–water partition coefficient (Wildman–Crippen LogP) is -0.495. The molecule has 1 fully saturated rings. The second-order valence-corrected chi connectivity index (χ2v) is 4.71. The molecule has 1 saturated heterocycles. The standard InChI is InChI=1S/C12H13ClN4O3/c13-9-2-1-8(7-15-9)11(19)16-3-5-17(6-4-16)12(20)10(14)18/h1-2,7H,3-6H2,(H2,14,18). The molecule has 1 aromatic heterocycles. The number of primary amides is 1. The Balaban J connectivity index is 1.97. The minimum atomic E-state index is -0.980. The lowest BCUT2D eigenvalue weighted by atomic mass is 10.2. The monoisotopic (exact) mass is 296 g/mol. The van der Waals surface area contributed by atoms with Gasteiger partial charge >= 0.3 is 11.8 Å². The topological polar surface area (TPSA) is 96.6 Å². The number of piperazine rings is 1. The molecule has 0 aliphatic carbocycles. The Morgan fingerprint density at radius 2 is 1.70 bits per heavy atom. The number of pyridine rings is 1. The summed E-state index contributed by atoms with van der Waals surface area (Å²) in [7, 11) is 0. The maximum atomic E-state index is 12.2. The van der Waals surface area contributed by atoms with Crippen molar-refractivity contribution in [2.75, 3.05) is 26.2 Å². The summed E-state index contributed by atoms with van der Waals surface area (Å²) in [6.07, 6.45) is 1.41. The summed E-state index contributed by atoms with van der Waals surface area (Å²) in [4.78, 5) is 41.2.